The van der Waals surface area contributed by atoms with E-state index in [4.69, 9.17) is 0 Å². The van der Waals surface area contributed by atoms with E-state index in [2.05, 4.69) is 37.5 Å². The van der Waals surface area contributed by atoms with Crippen LogP contribution in [0.3, 0.4) is 0 Å². The minimum atomic E-state index is 0.205. The van der Waals surface area contributed by atoms with Gasteiger partial charge in [-0.1, -0.05) is 0 Å². The molecule has 0 aromatic carbocycles. The molecular weight excluding hydrogens is 214 g/mol. The second-order valence-electron chi connectivity index (χ2n) is 5.88. The van der Waals surface area contributed by atoms with Gasteiger partial charge in [0.2, 0.25) is 0 Å². The van der Waals surface area contributed by atoms with Crippen molar-refractivity contribution in [3.63, 3.8) is 0 Å². The first-order chi connectivity index (χ1) is 7.93. The van der Waals surface area contributed by atoms with Gasteiger partial charge in [0.1, 0.15) is 0 Å². The van der Waals surface area contributed by atoms with Crippen LogP contribution >= 0.6 is 0 Å². The van der Waals surface area contributed by atoms with Gasteiger partial charge in [0.15, 0.2) is 0 Å². The van der Waals surface area contributed by atoms with Crippen LogP contribution in [0.1, 0.15) is 34.1 Å². The van der Waals surface area contributed by atoms with E-state index in [-0.39, 0.29) is 12.1 Å². The number of amides is 2. The number of rotatable bonds is 2. The number of hydrogen-bond acceptors (Lipinski definition) is 2. The molecule has 1 saturated heterocycles. The molecule has 2 rings (SSSR count). The van der Waals surface area contributed by atoms with Gasteiger partial charge in [0.05, 0.1) is 6.04 Å². The molecule has 1 aliphatic heterocycles. The summed E-state index contributed by atoms with van der Waals surface area (Å²) < 4.78 is 0. The van der Waals surface area contributed by atoms with Crippen molar-refractivity contribution in [3.05, 3.63) is 0 Å². The first-order valence-corrected chi connectivity index (χ1v) is 6.72. The van der Waals surface area contributed by atoms with Gasteiger partial charge in [-0.25, -0.2) is 4.79 Å². The van der Waals surface area contributed by atoms with Gasteiger partial charge in [-0.3, -0.25) is 4.90 Å². The second kappa shape index (κ2) is 4.48. The summed E-state index contributed by atoms with van der Waals surface area (Å²) in [5.74, 6) is 0. The van der Waals surface area contributed by atoms with Crippen LogP contribution in [0, 0.1) is 0 Å². The molecule has 2 aliphatic rings. The molecule has 0 bridgehead atoms. The number of carbonyl (C=O) groups is 1. The van der Waals surface area contributed by atoms with Gasteiger partial charge in [-0.15, -0.1) is 0 Å². The smallest absolute Gasteiger partial charge is 0.320 e. The van der Waals surface area contributed by atoms with Crippen molar-refractivity contribution in [2.45, 2.75) is 58.3 Å². The largest absolute Gasteiger partial charge is 0.325 e. The van der Waals surface area contributed by atoms with Crippen LogP contribution in [0.25, 0.3) is 0 Å². The second-order valence-corrected chi connectivity index (χ2v) is 5.88. The van der Waals surface area contributed by atoms with Crippen LogP contribution in [0.2, 0.25) is 0 Å². The molecule has 98 valence electrons. The molecule has 0 N–H and O–H groups in total. The van der Waals surface area contributed by atoms with Crippen molar-refractivity contribution in [2.75, 3.05) is 20.1 Å². The summed E-state index contributed by atoms with van der Waals surface area (Å²) in [6.45, 7) is 10.5. The van der Waals surface area contributed by atoms with E-state index < -0.39 is 0 Å². The summed E-state index contributed by atoms with van der Waals surface area (Å²) in [6, 6.07) is 2.18. The van der Waals surface area contributed by atoms with Crippen molar-refractivity contribution < 1.29 is 4.79 Å². The lowest BCUT2D eigenvalue weighted by molar-refractivity contribution is 0.0959. The minimum Gasteiger partial charge on any atom is -0.325 e. The molecule has 2 atom stereocenters. The van der Waals surface area contributed by atoms with Crippen molar-refractivity contribution >= 4 is 6.03 Å². The summed E-state index contributed by atoms with van der Waals surface area (Å²) in [4.78, 5) is 18.7. The lowest BCUT2D eigenvalue weighted by Crippen LogP contribution is -2.54. The number of carbonyl (C=O) groups excluding carboxylic acids is 1. The highest BCUT2D eigenvalue weighted by molar-refractivity contribution is 5.75. The zero-order chi connectivity index (χ0) is 12.7. The highest BCUT2D eigenvalue weighted by Crippen LogP contribution is 2.38. The van der Waals surface area contributed by atoms with Gasteiger partial charge in [-0.05, 0) is 34.1 Å². The van der Waals surface area contributed by atoms with Crippen molar-refractivity contribution in [1.82, 2.24) is 14.7 Å². The molecule has 0 spiro atoms. The standard InChI is InChI=1S/C13H25N3O/c1-9(2)14(5)13(17)16-7-6-15(10(3)4)11-8-12(11)16/h9-12H,6-8H2,1-5H3. The quantitative estimate of drug-likeness (QED) is 0.732. The Kier molecular flexibility index (Phi) is 3.34. The Morgan fingerprint density at radius 1 is 1.18 bits per heavy atom. The molecule has 0 aromatic rings. The number of hydrogen-bond donors (Lipinski definition) is 0. The molecule has 2 amide bonds. The van der Waals surface area contributed by atoms with Gasteiger partial charge >= 0.3 is 6.03 Å². The maximum atomic E-state index is 12.3. The van der Waals surface area contributed by atoms with Crippen molar-refractivity contribution in [2.24, 2.45) is 0 Å². The van der Waals surface area contributed by atoms with Crippen LogP contribution < -0.4 is 0 Å². The fourth-order valence-corrected chi connectivity index (χ4v) is 2.72. The molecule has 2 fully saturated rings. The maximum absolute atomic E-state index is 12.3. The van der Waals surface area contributed by atoms with Crippen LogP contribution in [-0.4, -0.2) is 65.0 Å². The molecule has 1 heterocycles. The summed E-state index contributed by atoms with van der Waals surface area (Å²) in [5.41, 5.74) is 0. The first kappa shape index (κ1) is 12.7. The van der Waals surface area contributed by atoms with Gasteiger partial charge in [0, 0.05) is 38.3 Å². The fraction of sp³-hybridized carbons (Fsp3) is 0.923. The van der Waals surface area contributed by atoms with E-state index >= 15 is 0 Å². The normalized spacial score (nSPS) is 28.5. The lowest BCUT2D eigenvalue weighted by Gasteiger charge is -2.38. The average Bonchev–Trinajstić information content (AvgIpc) is 3.04. The number of urea groups is 1. The van der Waals surface area contributed by atoms with E-state index in [9.17, 15) is 4.79 Å². The Labute approximate surface area is 105 Å². The average molecular weight is 239 g/mol. The third-order valence-corrected chi connectivity index (χ3v) is 4.13. The molecule has 0 aromatic heterocycles. The number of fused-ring (bicyclic) bond motifs is 1. The third-order valence-electron chi connectivity index (χ3n) is 4.13. The topological polar surface area (TPSA) is 26.8 Å². The van der Waals surface area contributed by atoms with Gasteiger partial charge in [0.25, 0.3) is 0 Å². The first-order valence-electron chi connectivity index (χ1n) is 6.72. The molecule has 1 saturated carbocycles. The molecule has 0 radical (unpaired) electrons. The molecule has 2 unspecified atom stereocenters. The predicted octanol–water partition coefficient (Wildman–Crippen LogP) is 1.61. The molecule has 17 heavy (non-hydrogen) atoms. The lowest BCUT2D eigenvalue weighted by atomic mass is 10.2. The SMILES string of the molecule is CC(C)N(C)C(=O)N1CCN(C(C)C)C2CC21. The van der Waals surface area contributed by atoms with E-state index in [1.165, 1.54) is 0 Å². The zero-order valence-electron chi connectivity index (χ0n) is 11.7. The molecular formula is C13H25N3O. The predicted molar refractivity (Wildman–Crippen MR) is 69.0 cm³/mol. The van der Waals surface area contributed by atoms with E-state index in [0.29, 0.717) is 18.1 Å². The maximum Gasteiger partial charge on any atom is 0.320 e. The molecule has 4 nitrogen and oxygen atoms in total. The van der Waals surface area contributed by atoms with Crippen molar-refractivity contribution in [3.8, 4) is 0 Å². The third kappa shape index (κ3) is 2.28. The zero-order valence-corrected chi connectivity index (χ0v) is 11.7. The summed E-state index contributed by atoms with van der Waals surface area (Å²) >= 11 is 0. The molecule has 1 aliphatic carbocycles. The Morgan fingerprint density at radius 3 is 2.35 bits per heavy atom. The van der Waals surface area contributed by atoms with E-state index in [1.54, 1.807) is 0 Å². The molecule has 4 heteroatoms. The highest BCUT2D eigenvalue weighted by atomic mass is 16.2. The summed E-state index contributed by atoms with van der Waals surface area (Å²) in [5, 5.41) is 0. The Morgan fingerprint density at radius 2 is 1.82 bits per heavy atom. The number of nitrogens with zero attached hydrogens (tertiary/aromatic N) is 3. The van der Waals surface area contributed by atoms with Crippen LogP contribution in [-0.2, 0) is 0 Å². The summed E-state index contributed by atoms with van der Waals surface area (Å²) in [6.07, 6.45) is 1.16. The Hall–Kier alpha value is -0.770. The Bertz CT molecular complexity index is 303. The van der Waals surface area contributed by atoms with Crippen LogP contribution in [0.15, 0.2) is 0 Å². The van der Waals surface area contributed by atoms with Gasteiger partial charge in [-0.2, -0.15) is 0 Å². The Balaban J connectivity index is 1.97. The van der Waals surface area contributed by atoms with Gasteiger partial charge < -0.3 is 9.80 Å². The summed E-state index contributed by atoms with van der Waals surface area (Å²) in [7, 11) is 1.90. The van der Waals surface area contributed by atoms with Crippen LogP contribution in [0.5, 0.6) is 0 Å². The van der Waals surface area contributed by atoms with E-state index in [1.807, 2.05) is 11.9 Å². The highest BCUT2D eigenvalue weighted by Gasteiger charge is 2.51. The van der Waals surface area contributed by atoms with E-state index in [0.717, 1.165) is 19.5 Å². The minimum absolute atomic E-state index is 0.205. The monoisotopic (exact) mass is 239 g/mol. The fourth-order valence-electron chi connectivity index (χ4n) is 2.72. The number of piperazine rings is 1. The van der Waals surface area contributed by atoms with Crippen molar-refractivity contribution in [1.29, 1.82) is 0 Å². The van der Waals surface area contributed by atoms with Crippen LogP contribution in [0.4, 0.5) is 4.79 Å².